The SMILES string of the molecule is CCOc1ccc(C(=O)OC(C)C)c2ccccc12. The van der Waals surface area contributed by atoms with Crippen molar-refractivity contribution < 1.29 is 14.3 Å². The molecular weight excluding hydrogens is 240 g/mol. The van der Waals surface area contributed by atoms with Crippen molar-refractivity contribution in [1.82, 2.24) is 0 Å². The minimum Gasteiger partial charge on any atom is -0.493 e. The molecule has 0 spiro atoms. The maximum atomic E-state index is 12.1. The Morgan fingerprint density at radius 3 is 2.42 bits per heavy atom. The molecule has 0 aliphatic carbocycles. The fourth-order valence-electron chi connectivity index (χ4n) is 2.01. The molecule has 3 heteroatoms. The molecule has 0 bridgehead atoms. The van der Waals surface area contributed by atoms with Crippen LogP contribution in [0.2, 0.25) is 0 Å². The highest BCUT2D eigenvalue weighted by Crippen LogP contribution is 2.29. The highest BCUT2D eigenvalue weighted by atomic mass is 16.5. The highest BCUT2D eigenvalue weighted by Gasteiger charge is 2.14. The van der Waals surface area contributed by atoms with Gasteiger partial charge in [-0.3, -0.25) is 0 Å². The van der Waals surface area contributed by atoms with Gasteiger partial charge in [0.2, 0.25) is 0 Å². The number of ether oxygens (including phenoxy) is 2. The normalized spacial score (nSPS) is 10.7. The molecule has 3 nitrogen and oxygen atoms in total. The Labute approximate surface area is 113 Å². The van der Waals surface area contributed by atoms with Gasteiger partial charge in [0.15, 0.2) is 0 Å². The van der Waals surface area contributed by atoms with Crippen LogP contribution in [0.1, 0.15) is 31.1 Å². The Hall–Kier alpha value is -2.03. The zero-order valence-corrected chi connectivity index (χ0v) is 11.5. The van der Waals surface area contributed by atoms with Gasteiger partial charge < -0.3 is 9.47 Å². The van der Waals surface area contributed by atoms with Crippen LogP contribution >= 0.6 is 0 Å². The van der Waals surface area contributed by atoms with Gasteiger partial charge in [0.1, 0.15) is 5.75 Å². The number of carbonyl (C=O) groups excluding carboxylic acids is 1. The predicted octanol–water partition coefficient (Wildman–Crippen LogP) is 3.80. The fraction of sp³-hybridized carbons (Fsp3) is 0.312. The van der Waals surface area contributed by atoms with Crippen LogP contribution in [0.4, 0.5) is 0 Å². The molecule has 0 radical (unpaired) electrons. The van der Waals surface area contributed by atoms with Gasteiger partial charge in [0.25, 0.3) is 0 Å². The lowest BCUT2D eigenvalue weighted by Crippen LogP contribution is -2.12. The van der Waals surface area contributed by atoms with E-state index in [0.29, 0.717) is 12.2 Å². The number of carbonyl (C=O) groups is 1. The van der Waals surface area contributed by atoms with E-state index in [1.165, 1.54) is 0 Å². The van der Waals surface area contributed by atoms with Crippen LogP contribution in [0.3, 0.4) is 0 Å². The van der Waals surface area contributed by atoms with Crippen LogP contribution < -0.4 is 4.74 Å². The minimum atomic E-state index is -0.297. The molecule has 0 aromatic heterocycles. The third kappa shape index (κ3) is 2.87. The van der Waals surface area contributed by atoms with Gasteiger partial charge in [-0.15, -0.1) is 0 Å². The van der Waals surface area contributed by atoms with Gasteiger partial charge in [0, 0.05) is 5.39 Å². The van der Waals surface area contributed by atoms with Gasteiger partial charge in [-0.1, -0.05) is 24.3 Å². The van der Waals surface area contributed by atoms with E-state index >= 15 is 0 Å². The number of rotatable bonds is 4. The summed E-state index contributed by atoms with van der Waals surface area (Å²) < 4.78 is 10.8. The van der Waals surface area contributed by atoms with E-state index in [9.17, 15) is 4.79 Å². The third-order valence-corrected chi connectivity index (χ3v) is 2.75. The average Bonchev–Trinajstić information content (AvgIpc) is 2.38. The van der Waals surface area contributed by atoms with Crippen molar-refractivity contribution in [3.05, 3.63) is 42.0 Å². The molecule has 0 fully saturated rings. The summed E-state index contributed by atoms with van der Waals surface area (Å²) in [5.41, 5.74) is 0.577. The van der Waals surface area contributed by atoms with E-state index < -0.39 is 0 Å². The second-order valence-corrected chi connectivity index (χ2v) is 4.54. The van der Waals surface area contributed by atoms with E-state index in [1.54, 1.807) is 6.07 Å². The molecule has 0 unspecified atom stereocenters. The van der Waals surface area contributed by atoms with E-state index in [1.807, 2.05) is 51.1 Å². The standard InChI is InChI=1S/C16H18O3/c1-4-18-15-10-9-14(16(17)19-11(2)3)12-7-5-6-8-13(12)15/h5-11H,4H2,1-3H3. The van der Waals surface area contributed by atoms with Crippen molar-refractivity contribution in [3.63, 3.8) is 0 Å². The van der Waals surface area contributed by atoms with Gasteiger partial charge in [-0.25, -0.2) is 4.79 Å². The Morgan fingerprint density at radius 2 is 1.79 bits per heavy atom. The summed E-state index contributed by atoms with van der Waals surface area (Å²) in [4.78, 5) is 12.1. The topological polar surface area (TPSA) is 35.5 Å². The quantitative estimate of drug-likeness (QED) is 0.782. The first-order valence-electron chi connectivity index (χ1n) is 6.49. The monoisotopic (exact) mass is 258 g/mol. The Balaban J connectivity index is 2.52. The highest BCUT2D eigenvalue weighted by molar-refractivity contribution is 6.06. The number of hydrogen-bond donors (Lipinski definition) is 0. The molecule has 0 atom stereocenters. The molecule has 2 aromatic carbocycles. The summed E-state index contributed by atoms with van der Waals surface area (Å²) in [6.45, 7) is 6.22. The maximum absolute atomic E-state index is 12.1. The van der Waals surface area contributed by atoms with Crippen LogP contribution in [0.5, 0.6) is 5.75 Å². The lowest BCUT2D eigenvalue weighted by molar-refractivity contribution is 0.0380. The first kappa shape index (κ1) is 13.4. The molecule has 0 N–H and O–H groups in total. The molecule has 100 valence electrons. The van der Waals surface area contributed by atoms with Crippen LogP contribution in [0, 0.1) is 0 Å². The van der Waals surface area contributed by atoms with E-state index in [0.717, 1.165) is 16.5 Å². The fourth-order valence-corrected chi connectivity index (χ4v) is 2.01. The van der Waals surface area contributed by atoms with Crippen LogP contribution in [-0.4, -0.2) is 18.7 Å². The van der Waals surface area contributed by atoms with Crippen LogP contribution in [0.15, 0.2) is 36.4 Å². The molecule has 0 amide bonds. The second-order valence-electron chi connectivity index (χ2n) is 4.54. The summed E-state index contributed by atoms with van der Waals surface area (Å²) >= 11 is 0. The van der Waals surface area contributed by atoms with Crippen molar-refractivity contribution in [1.29, 1.82) is 0 Å². The first-order valence-corrected chi connectivity index (χ1v) is 6.49. The van der Waals surface area contributed by atoms with Crippen molar-refractivity contribution in [2.45, 2.75) is 26.9 Å². The molecule has 2 aromatic rings. The summed E-state index contributed by atoms with van der Waals surface area (Å²) in [5, 5.41) is 1.79. The molecule has 19 heavy (non-hydrogen) atoms. The van der Waals surface area contributed by atoms with Crippen LogP contribution in [-0.2, 0) is 4.74 Å². The Kier molecular flexibility index (Phi) is 4.05. The summed E-state index contributed by atoms with van der Waals surface area (Å²) in [7, 11) is 0. The zero-order chi connectivity index (χ0) is 13.8. The second kappa shape index (κ2) is 5.74. The van der Waals surface area contributed by atoms with E-state index in [2.05, 4.69) is 0 Å². The lowest BCUT2D eigenvalue weighted by atomic mass is 10.0. The Bertz CT molecular complexity index is 588. The molecule has 2 rings (SSSR count). The molecule has 0 saturated carbocycles. The Morgan fingerprint density at radius 1 is 1.11 bits per heavy atom. The lowest BCUT2D eigenvalue weighted by Gasteiger charge is -2.12. The number of hydrogen-bond acceptors (Lipinski definition) is 3. The average molecular weight is 258 g/mol. The number of fused-ring (bicyclic) bond motifs is 1. The molecule has 0 aliphatic heterocycles. The summed E-state index contributed by atoms with van der Waals surface area (Å²) in [6.07, 6.45) is -0.127. The predicted molar refractivity (Wildman–Crippen MR) is 75.7 cm³/mol. The third-order valence-electron chi connectivity index (χ3n) is 2.75. The van der Waals surface area contributed by atoms with Gasteiger partial charge in [0.05, 0.1) is 18.3 Å². The smallest absolute Gasteiger partial charge is 0.339 e. The number of benzene rings is 2. The number of esters is 1. The van der Waals surface area contributed by atoms with Gasteiger partial charge in [-0.05, 0) is 38.3 Å². The largest absolute Gasteiger partial charge is 0.493 e. The van der Waals surface area contributed by atoms with Crippen molar-refractivity contribution in [2.75, 3.05) is 6.61 Å². The van der Waals surface area contributed by atoms with Gasteiger partial charge >= 0.3 is 5.97 Å². The van der Waals surface area contributed by atoms with E-state index in [4.69, 9.17) is 9.47 Å². The summed E-state index contributed by atoms with van der Waals surface area (Å²) in [5.74, 6) is 0.494. The molecule has 0 saturated heterocycles. The molecule has 0 heterocycles. The first-order chi connectivity index (χ1) is 9.13. The van der Waals surface area contributed by atoms with Crippen molar-refractivity contribution in [2.24, 2.45) is 0 Å². The molecule has 0 aliphatic rings. The van der Waals surface area contributed by atoms with E-state index in [-0.39, 0.29) is 12.1 Å². The molecular formula is C16H18O3. The van der Waals surface area contributed by atoms with Crippen molar-refractivity contribution >= 4 is 16.7 Å². The zero-order valence-electron chi connectivity index (χ0n) is 11.5. The van der Waals surface area contributed by atoms with Crippen molar-refractivity contribution in [3.8, 4) is 5.75 Å². The maximum Gasteiger partial charge on any atom is 0.339 e. The minimum absolute atomic E-state index is 0.127. The van der Waals surface area contributed by atoms with Crippen LogP contribution in [0.25, 0.3) is 10.8 Å². The van der Waals surface area contributed by atoms with Gasteiger partial charge in [-0.2, -0.15) is 0 Å². The summed E-state index contributed by atoms with van der Waals surface area (Å²) in [6, 6.07) is 11.3.